The molecule has 0 fully saturated rings. The Morgan fingerprint density at radius 2 is 1.23 bits per heavy atom. The van der Waals surface area contributed by atoms with Crippen LogP contribution in [0.1, 0.15) is 0 Å². The molecule has 0 aliphatic heterocycles. The summed E-state index contributed by atoms with van der Waals surface area (Å²) in [5.74, 6) is 0.517. The molecule has 0 aliphatic rings. The Morgan fingerprint density at radius 1 is 0.833 bits per heavy atom. The van der Waals surface area contributed by atoms with Gasteiger partial charge in [-0.05, 0) is 24.3 Å². The zero-order valence-electron chi connectivity index (χ0n) is 17.0. The monoisotopic (exact) mass is 447 g/mol. The van der Waals surface area contributed by atoms with Crippen molar-refractivity contribution in [3.63, 3.8) is 0 Å². The fourth-order valence-electron chi connectivity index (χ4n) is 2.81. The van der Waals surface area contributed by atoms with Gasteiger partial charge in [-0.3, -0.25) is 4.90 Å². The van der Waals surface area contributed by atoms with Crippen molar-refractivity contribution < 1.29 is 62.2 Å². The Hall–Kier alpha value is -1.17. The average molecular weight is 447 g/mol. The minimum Gasteiger partial charge on any atom is -0.748 e. The predicted molar refractivity (Wildman–Crippen MR) is 107 cm³/mol. The summed E-state index contributed by atoms with van der Waals surface area (Å²) in [6.07, 6.45) is 0. The molecule has 0 amide bonds. The first-order valence-corrected chi connectivity index (χ1v) is 10.8. The molecule has 0 heterocycles. The number of aliphatic hydroxyl groups is 2. The van der Waals surface area contributed by atoms with Crippen molar-refractivity contribution in [2.75, 3.05) is 38.7 Å². The second-order valence-corrected chi connectivity index (χ2v) is 7.94. The summed E-state index contributed by atoms with van der Waals surface area (Å²) < 4.78 is 44.8. The molecule has 2 aromatic carbocycles. The quantitative estimate of drug-likeness (QED) is 0.260. The molecule has 30 heavy (non-hydrogen) atoms. The Kier molecular flexibility index (Phi) is 12.5. The molecule has 2 rings (SSSR count). The van der Waals surface area contributed by atoms with Gasteiger partial charge in [0.2, 0.25) is 0 Å². The minimum absolute atomic E-state index is 0. The van der Waals surface area contributed by atoms with E-state index in [1.165, 1.54) is 0 Å². The molecule has 2 N–H and O–H groups in total. The van der Waals surface area contributed by atoms with Crippen molar-refractivity contribution >= 4 is 10.1 Å². The van der Waals surface area contributed by atoms with Gasteiger partial charge < -0.3 is 24.2 Å². The van der Waals surface area contributed by atoms with Gasteiger partial charge in [-0.15, -0.1) is 0 Å². The summed E-state index contributed by atoms with van der Waals surface area (Å²) in [7, 11) is -4.47. The van der Waals surface area contributed by atoms with E-state index >= 15 is 0 Å². The Bertz CT molecular complexity index is 757. The summed E-state index contributed by atoms with van der Waals surface area (Å²) >= 11 is 0. The molecular weight excluding hydrogens is 421 g/mol. The van der Waals surface area contributed by atoms with Crippen molar-refractivity contribution in [1.82, 2.24) is 4.90 Å². The van der Waals surface area contributed by atoms with Crippen LogP contribution in [0.5, 0.6) is 11.5 Å². The van der Waals surface area contributed by atoms with Gasteiger partial charge in [0.15, 0.2) is 0 Å². The van der Waals surface area contributed by atoms with Crippen molar-refractivity contribution in [1.29, 1.82) is 0 Å². The summed E-state index contributed by atoms with van der Waals surface area (Å²) in [6, 6.07) is 16.6. The standard InChI is InChI=1S/C20H27NO7S.Na/c22-13-17(15-27-19-7-3-1-4-8-19)21(11-12-29(24,25)26)18(14-23)16-28-20-9-5-2-6-10-20;/h1-10,17-18,22-23H,11-16H2,(H,24,25,26);/q;+1/p-1. The zero-order chi connectivity index (χ0) is 21.1. The van der Waals surface area contributed by atoms with Crippen molar-refractivity contribution in [2.45, 2.75) is 12.1 Å². The van der Waals surface area contributed by atoms with E-state index in [1.807, 2.05) is 12.1 Å². The number of rotatable bonds is 13. The largest absolute Gasteiger partial charge is 1.00 e. The van der Waals surface area contributed by atoms with E-state index in [9.17, 15) is 23.2 Å². The number of aliphatic hydroxyl groups excluding tert-OH is 2. The zero-order valence-corrected chi connectivity index (χ0v) is 19.8. The summed E-state index contributed by atoms with van der Waals surface area (Å²) in [5.41, 5.74) is 0. The minimum atomic E-state index is -4.47. The summed E-state index contributed by atoms with van der Waals surface area (Å²) in [5, 5.41) is 19.7. The molecule has 2 unspecified atom stereocenters. The maximum absolute atomic E-state index is 11.1. The third-order valence-electron chi connectivity index (χ3n) is 4.33. The van der Waals surface area contributed by atoms with Crippen LogP contribution in [-0.2, 0) is 10.1 Å². The second kappa shape index (κ2) is 14.0. The second-order valence-electron chi connectivity index (χ2n) is 6.42. The van der Waals surface area contributed by atoms with E-state index in [0.29, 0.717) is 11.5 Å². The van der Waals surface area contributed by atoms with Crippen molar-refractivity contribution in [3.8, 4) is 11.5 Å². The van der Waals surface area contributed by atoms with E-state index in [-0.39, 0.29) is 62.5 Å². The molecule has 2 atom stereocenters. The van der Waals surface area contributed by atoms with Gasteiger partial charge in [-0.2, -0.15) is 0 Å². The molecule has 8 nitrogen and oxygen atoms in total. The topological polar surface area (TPSA) is 119 Å². The molecule has 0 saturated carbocycles. The van der Waals surface area contributed by atoms with Gasteiger partial charge in [-0.1, -0.05) is 36.4 Å². The number of nitrogens with zero attached hydrogens (tertiary/aromatic N) is 1. The van der Waals surface area contributed by atoms with E-state index in [2.05, 4.69) is 0 Å². The fourth-order valence-corrected chi connectivity index (χ4v) is 3.24. The molecule has 0 aromatic heterocycles. The Labute approximate surface area is 199 Å². The van der Waals surface area contributed by atoms with E-state index < -0.39 is 28.0 Å². The first kappa shape index (κ1) is 26.9. The first-order valence-electron chi connectivity index (χ1n) is 9.19. The third-order valence-corrected chi connectivity index (χ3v) is 5.01. The normalized spacial score (nSPS) is 13.3. The molecule has 0 saturated heterocycles. The van der Waals surface area contributed by atoms with Crippen LogP contribution in [0.3, 0.4) is 0 Å². The molecular formula is C20H26NNaO7S. The first-order chi connectivity index (χ1) is 13.9. The molecule has 0 radical (unpaired) electrons. The summed E-state index contributed by atoms with van der Waals surface area (Å²) in [4.78, 5) is 1.54. The van der Waals surface area contributed by atoms with E-state index in [0.717, 1.165) is 0 Å². The van der Waals surface area contributed by atoms with Crippen LogP contribution in [0.2, 0.25) is 0 Å². The Morgan fingerprint density at radius 3 is 1.57 bits per heavy atom. The fraction of sp³-hybridized carbons (Fsp3) is 0.400. The van der Waals surface area contributed by atoms with E-state index in [4.69, 9.17) is 9.47 Å². The van der Waals surface area contributed by atoms with Crippen LogP contribution in [0, 0.1) is 0 Å². The van der Waals surface area contributed by atoms with E-state index in [1.54, 1.807) is 53.4 Å². The maximum Gasteiger partial charge on any atom is 1.00 e. The van der Waals surface area contributed by atoms with Gasteiger partial charge in [0.25, 0.3) is 0 Å². The van der Waals surface area contributed by atoms with Crippen molar-refractivity contribution in [2.24, 2.45) is 0 Å². The van der Waals surface area contributed by atoms with Crippen LogP contribution in [0.25, 0.3) is 0 Å². The van der Waals surface area contributed by atoms with Crippen LogP contribution in [0.15, 0.2) is 60.7 Å². The van der Waals surface area contributed by atoms with Gasteiger partial charge >= 0.3 is 29.6 Å². The molecule has 160 valence electrons. The van der Waals surface area contributed by atoms with Gasteiger partial charge in [0, 0.05) is 6.54 Å². The SMILES string of the molecule is O=S(=O)([O-])CCN(C(CO)COc1ccccc1)C(CO)COc1ccccc1.[Na+]. The number of hydrogen-bond donors (Lipinski definition) is 2. The van der Waals surface area contributed by atoms with Gasteiger partial charge in [0.1, 0.15) is 24.7 Å². The van der Waals surface area contributed by atoms with Crippen LogP contribution in [-0.4, -0.2) is 78.9 Å². The third kappa shape index (κ3) is 9.76. The average Bonchev–Trinajstić information content (AvgIpc) is 2.72. The number of benzene rings is 2. The van der Waals surface area contributed by atoms with Crippen LogP contribution in [0.4, 0.5) is 0 Å². The van der Waals surface area contributed by atoms with Gasteiger partial charge in [-0.25, -0.2) is 8.42 Å². The number of hydrogen-bond acceptors (Lipinski definition) is 8. The van der Waals surface area contributed by atoms with Crippen molar-refractivity contribution in [3.05, 3.63) is 60.7 Å². The number of para-hydroxylation sites is 2. The smallest absolute Gasteiger partial charge is 0.748 e. The van der Waals surface area contributed by atoms with Gasteiger partial charge in [0.05, 0.1) is 41.2 Å². The number of ether oxygens (including phenoxy) is 2. The molecule has 0 spiro atoms. The molecule has 10 heteroatoms. The molecule has 0 bridgehead atoms. The summed E-state index contributed by atoms with van der Waals surface area (Å²) in [6.45, 7) is -0.789. The molecule has 2 aromatic rings. The Balaban J connectivity index is 0.00000450. The molecule has 0 aliphatic carbocycles. The predicted octanol–water partition coefficient (Wildman–Crippen LogP) is -2.28. The van der Waals surface area contributed by atoms with Crippen LogP contribution < -0.4 is 39.0 Å². The van der Waals surface area contributed by atoms with Crippen LogP contribution >= 0.6 is 0 Å². The maximum atomic E-state index is 11.1.